The zero-order valence-corrected chi connectivity index (χ0v) is 10.3. The quantitative estimate of drug-likeness (QED) is 0.884. The van der Waals surface area contributed by atoms with Crippen LogP contribution in [0.25, 0.3) is 0 Å². The molecule has 2 rings (SSSR count). The number of halogens is 1. The first kappa shape index (κ1) is 11.3. The fourth-order valence-electron chi connectivity index (χ4n) is 1.18. The Morgan fingerprint density at radius 1 is 1.44 bits per heavy atom. The fourth-order valence-corrected chi connectivity index (χ4v) is 2.00. The van der Waals surface area contributed by atoms with E-state index in [0.29, 0.717) is 6.54 Å². The number of hydrogen-bond acceptors (Lipinski definition) is 5. The van der Waals surface area contributed by atoms with Crippen molar-refractivity contribution in [3.63, 3.8) is 0 Å². The van der Waals surface area contributed by atoms with Crippen LogP contribution in [-0.4, -0.2) is 10.2 Å². The molecule has 0 aliphatic rings. The predicted octanol–water partition coefficient (Wildman–Crippen LogP) is 2.70. The van der Waals surface area contributed by atoms with Gasteiger partial charge in [0.25, 0.3) is 0 Å². The Bertz CT molecular complexity index is 497. The van der Waals surface area contributed by atoms with Gasteiger partial charge in [-0.15, -0.1) is 10.2 Å². The third kappa shape index (κ3) is 2.49. The second kappa shape index (κ2) is 4.78. The maximum absolute atomic E-state index is 6.02. The van der Waals surface area contributed by atoms with E-state index in [1.54, 1.807) is 0 Å². The SMILES string of the molecule is Cc1ccc(Nc2nnc(CN)s2)cc1Cl. The minimum Gasteiger partial charge on any atom is -0.330 e. The summed E-state index contributed by atoms with van der Waals surface area (Å²) in [5, 5.41) is 13.3. The van der Waals surface area contributed by atoms with Gasteiger partial charge >= 0.3 is 0 Å². The van der Waals surface area contributed by atoms with E-state index < -0.39 is 0 Å². The van der Waals surface area contributed by atoms with Crippen molar-refractivity contribution < 1.29 is 0 Å². The van der Waals surface area contributed by atoms with Crippen LogP contribution in [0.4, 0.5) is 10.8 Å². The number of aryl methyl sites for hydroxylation is 1. The normalized spacial score (nSPS) is 10.4. The molecule has 1 aromatic heterocycles. The molecule has 0 aliphatic carbocycles. The number of rotatable bonds is 3. The first-order valence-electron chi connectivity index (χ1n) is 4.74. The van der Waals surface area contributed by atoms with Crippen molar-refractivity contribution in [2.75, 3.05) is 5.32 Å². The summed E-state index contributed by atoms with van der Waals surface area (Å²) in [6.07, 6.45) is 0. The number of nitrogens with zero attached hydrogens (tertiary/aromatic N) is 2. The van der Waals surface area contributed by atoms with Gasteiger partial charge in [0.2, 0.25) is 5.13 Å². The summed E-state index contributed by atoms with van der Waals surface area (Å²) < 4.78 is 0. The van der Waals surface area contributed by atoms with E-state index in [9.17, 15) is 0 Å². The zero-order valence-electron chi connectivity index (χ0n) is 8.70. The van der Waals surface area contributed by atoms with Gasteiger partial charge < -0.3 is 11.1 Å². The third-order valence-electron chi connectivity index (χ3n) is 2.06. The van der Waals surface area contributed by atoms with Crippen LogP contribution in [0.5, 0.6) is 0 Å². The largest absolute Gasteiger partial charge is 0.330 e. The molecule has 0 atom stereocenters. The van der Waals surface area contributed by atoms with Gasteiger partial charge in [0.15, 0.2) is 0 Å². The van der Waals surface area contributed by atoms with E-state index in [1.165, 1.54) is 11.3 Å². The van der Waals surface area contributed by atoms with Crippen LogP contribution < -0.4 is 11.1 Å². The van der Waals surface area contributed by atoms with Crippen LogP contribution in [0.15, 0.2) is 18.2 Å². The molecule has 0 aliphatic heterocycles. The summed E-state index contributed by atoms with van der Waals surface area (Å²) in [5.41, 5.74) is 7.41. The average Bonchev–Trinajstić information content (AvgIpc) is 2.71. The van der Waals surface area contributed by atoms with Crippen LogP contribution in [0.1, 0.15) is 10.6 Å². The van der Waals surface area contributed by atoms with E-state index in [0.717, 1.165) is 26.4 Å². The number of benzene rings is 1. The van der Waals surface area contributed by atoms with Crippen LogP contribution in [0, 0.1) is 6.92 Å². The zero-order chi connectivity index (χ0) is 11.5. The van der Waals surface area contributed by atoms with Gasteiger partial charge in [-0.3, -0.25) is 0 Å². The molecule has 6 heteroatoms. The Morgan fingerprint density at radius 3 is 2.88 bits per heavy atom. The Kier molecular flexibility index (Phi) is 3.38. The third-order valence-corrected chi connectivity index (χ3v) is 3.33. The van der Waals surface area contributed by atoms with E-state index in [-0.39, 0.29) is 0 Å². The van der Waals surface area contributed by atoms with Crippen molar-refractivity contribution >= 4 is 33.8 Å². The number of aromatic nitrogens is 2. The van der Waals surface area contributed by atoms with Crippen molar-refractivity contribution in [2.45, 2.75) is 13.5 Å². The average molecular weight is 255 g/mol. The van der Waals surface area contributed by atoms with Gasteiger partial charge in [0.1, 0.15) is 5.01 Å². The summed E-state index contributed by atoms with van der Waals surface area (Å²) >= 11 is 7.46. The van der Waals surface area contributed by atoms with Crippen molar-refractivity contribution in [1.82, 2.24) is 10.2 Å². The second-order valence-corrected chi connectivity index (χ2v) is 4.76. The molecule has 0 radical (unpaired) electrons. The predicted molar refractivity (Wildman–Crippen MR) is 67.3 cm³/mol. The van der Waals surface area contributed by atoms with E-state index in [1.807, 2.05) is 25.1 Å². The smallest absolute Gasteiger partial charge is 0.210 e. The van der Waals surface area contributed by atoms with Crippen LogP contribution in [0.2, 0.25) is 5.02 Å². The molecule has 0 unspecified atom stereocenters. The summed E-state index contributed by atoms with van der Waals surface area (Å²) in [7, 11) is 0. The Labute approximate surface area is 102 Å². The minimum atomic E-state index is 0.411. The molecule has 4 nitrogen and oxygen atoms in total. The molecule has 2 aromatic rings. The van der Waals surface area contributed by atoms with Gasteiger partial charge in [0, 0.05) is 17.3 Å². The topological polar surface area (TPSA) is 63.8 Å². The van der Waals surface area contributed by atoms with Gasteiger partial charge in [-0.25, -0.2) is 0 Å². The molecular weight excluding hydrogens is 244 g/mol. The van der Waals surface area contributed by atoms with Crippen molar-refractivity contribution in [2.24, 2.45) is 5.73 Å². The summed E-state index contributed by atoms with van der Waals surface area (Å²) in [5.74, 6) is 0. The molecule has 0 amide bonds. The molecular formula is C10H11ClN4S. The first-order valence-corrected chi connectivity index (χ1v) is 5.94. The lowest BCUT2D eigenvalue weighted by molar-refractivity contribution is 0.960. The second-order valence-electron chi connectivity index (χ2n) is 3.29. The van der Waals surface area contributed by atoms with Gasteiger partial charge in [-0.05, 0) is 24.6 Å². The highest BCUT2D eigenvalue weighted by Gasteiger charge is 2.03. The molecule has 0 bridgehead atoms. The summed E-state index contributed by atoms with van der Waals surface area (Å²) in [6, 6.07) is 5.76. The van der Waals surface area contributed by atoms with E-state index in [2.05, 4.69) is 15.5 Å². The molecule has 84 valence electrons. The molecule has 0 saturated carbocycles. The molecule has 1 heterocycles. The maximum Gasteiger partial charge on any atom is 0.210 e. The van der Waals surface area contributed by atoms with Crippen LogP contribution >= 0.6 is 22.9 Å². The standard InChI is InChI=1S/C10H11ClN4S/c1-6-2-3-7(4-8(6)11)13-10-15-14-9(5-12)16-10/h2-4H,5,12H2,1H3,(H,13,15). The van der Waals surface area contributed by atoms with Crippen molar-refractivity contribution in [3.05, 3.63) is 33.8 Å². The number of anilines is 2. The van der Waals surface area contributed by atoms with E-state index >= 15 is 0 Å². The maximum atomic E-state index is 6.02. The number of hydrogen-bond donors (Lipinski definition) is 2. The monoisotopic (exact) mass is 254 g/mol. The highest BCUT2D eigenvalue weighted by molar-refractivity contribution is 7.15. The fraction of sp³-hybridized carbons (Fsp3) is 0.200. The highest BCUT2D eigenvalue weighted by Crippen LogP contribution is 2.24. The van der Waals surface area contributed by atoms with Gasteiger partial charge in [-0.1, -0.05) is 29.0 Å². The highest BCUT2D eigenvalue weighted by atomic mass is 35.5. The molecule has 1 aromatic carbocycles. The lowest BCUT2D eigenvalue weighted by Gasteiger charge is -2.03. The molecule has 0 fully saturated rings. The van der Waals surface area contributed by atoms with Crippen molar-refractivity contribution in [3.8, 4) is 0 Å². The Hall–Kier alpha value is -1.17. The summed E-state index contributed by atoms with van der Waals surface area (Å²) in [4.78, 5) is 0. The molecule has 0 spiro atoms. The van der Waals surface area contributed by atoms with Crippen LogP contribution in [0.3, 0.4) is 0 Å². The Morgan fingerprint density at radius 2 is 2.25 bits per heavy atom. The van der Waals surface area contributed by atoms with Crippen LogP contribution in [-0.2, 0) is 6.54 Å². The summed E-state index contributed by atoms with van der Waals surface area (Å²) in [6.45, 7) is 2.37. The molecule has 0 saturated heterocycles. The lowest BCUT2D eigenvalue weighted by Crippen LogP contribution is -1.94. The van der Waals surface area contributed by atoms with E-state index in [4.69, 9.17) is 17.3 Å². The molecule has 3 N–H and O–H groups in total. The minimum absolute atomic E-state index is 0.411. The van der Waals surface area contributed by atoms with Gasteiger partial charge in [-0.2, -0.15) is 0 Å². The number of nitrogens with one attached hydrogen (secondary N) is 1. The lowest BCUT2D eigenvalue weighted by atomic mass is 10.2. The van der Waals surface area contributed by atoms with Gasteiger partial charge in [0.05, 0.1) is 0 Å². The van der Waals surface area contributed by atoms with Crippen molar-refractivity contribution in [1.29, 1.82) is 0 Å². The number of nitrogens with two attached hydrogens (primary N) is 1. The molecule has 16 heavy (non-hydrogen) atoms. The first-order chi connectivity index (χ1) is 7.69. The Balaban J connectivity index is 2.17.